The molecule has 0 fully saturated rings. The largest absolute Gasteiger partial charge is 0.324 e. The fourth-order valence-electron chi connectivity index (χ4n) is 2.19. The highest BCUT2D eigenvalue weighted by molar-refractivity contribution is 7.92. The topological polar surface area (TPSA) is 75.3 Å². The van der Waals surface area contributed by atoms with E-state index < -0.39 is 10.0 Å². The fourth-order valence-corrected chi connectivity index (χ4v) is 2.76. The molecule has 0 aromatic heterocycles. The quantitative estimate of drug-likeness (QED) is 0.819. The van der Waals surface area contributed by atoms with E-state index in [1.807, 2.05) is 0 Å². The van der Waals surface area contributed by atoms with E-state index in [1.165, 1.54) is 0 Å². The summed E-state index contributed by atoms with van der Waals surface area (Å²) >= 11 is 0. The maximum atomic E-state index is 12.0. The number of anilines is 2. The molecule has 108 valence electrons. The van der Waals surface area contributed by atoms with E-state index >= 15 is 0 Å². The molecule has 5 nitrogen and oxygen atoms in total. The first kappa shape index (κ1) is 14.6. The third-order valence-corrected chi connectivity index (χ3v) is 3.65. The normalized spacial score (nSPS) is 17.9. The van der Waals surface area contributed by atoms with Crippen LogP contribution < -0.4 is 10.0 Å². The molecule has 1 aliphatic rings. The van der Waals surface area contributed by atoms with Gasteiger partial charge in [0, 0.05) is 6.42 Å². The van der Waals surface area contributed by atoms with Crippen LogP contribution in [0.4, 0.5) is 11.4 Å². The Kier molecular flexibility index (Phi) is 4.44. The molecule has 1 atom stereocenters. The molecule has 0 spiro atoms. The number of carbonyl (C=O) groups excluding carboxylic acids is 1. The van der Waals surface area contributed by atoms with Crippen LogP contribution in [0.5, 0.6) is 0 Å². The van der Waals surface area contributed by atoms with Gasteiger partial charge in [-0.25, -0.2) is 8.42 Å². The lowest BCUT2D eigenvalue weighted by atomic mass is 10.1. The Morgan fingerprint density at radius 3 is 2.60 bits per heavy atom. The highest BCUT2D eigenvalue weighted by Crippen LogP contribution is 2.24. The van der Waals surface area contributed by atoms with Gasteiger partial charge in [0.1, 0.15) is 0 Å². The average Bonchev–Trinajstić information content (AvgIpc) is 2.82. The number of nitrogens with one attached hydrogen (secondary N) is 2. The van der Waals surface area contributed by atoms with Gasteiger partial charge in [-0.2, -0.15) is 0 Å². The van der Waals surface area contributed by atoms with Crippen molar-refractivity contribution in [2.75, 3.05) is 16.3 Å². The monoisotopic (exact) mass is 294 g/mol. The van der Waals surface area contributed by atoms with Crippen LogP contribution in [0.3, 0.4) is 0 Å². The molecule has 0 heterocycles. The number of para-hydroxylation sites is 2. The van der Waals surface area contributed by atoms with Gasteiger partial charge in [0.2, 0.25) is 15.9 Å². The van der Waals surface area contributed by atoms with Crippen LogP contribution >= 0.6 is 0 Å². The molecule has 0 bridgehead atoms. The van der Waals surface area contributed by atoms with E-state index in [9.17, 15) is 13.2 Å². The van der Waals surface area contributed by atoms with Gasteiger partial charge in [0.05, 0.1) is 17.6 Å². The average molecular weight is 294 g/mol. The predicted octanol–water partition coefficient (Wildman–Crippen LogP) is 2.35. The summed E-state index contributed by atoms with van der Waals surface area (Å²) in [5.41, 5.74) is 0.857. The molecule has 2 N–H and O–H groups in total. The standard InChI is InChI=1S/C14H18N2O3S/c1-20(18,19)16-13-9-5-4-8-12(13)15-14(17)10-11-6-2-3-7-11/h2,4-6,8-9,11,16H,3,7,10H2,1H3,(H,15,17)/t11-/m0/s1. The number of amides is 1. The fraction of sp³-hybridized carbons (Fsp3) is 0.357. The summed E-state index contributed by atoms with van der Waals surface area (Å²) in [6, 6.07) is 6.75. The zero-order chi connectivity index (χ0) is 14.6. The zero-order valence-electron chi connectivity index (χ0n) is 11.3. The van der Waals surface area contributed by atoms with Crippen LogP contribution in [0.25, 0.3) is 0 Å². The lowest BCUT2D eigenvalue weighted by molar-refractivity contribution is -0.116. The molecule has 0 radical (unpaired) electrons. The van der Waals surface area contributed by atoms with Crippen LogP contribution in [-0.4, -0.2) is 20.6 Å². The molecule has 0 saturated heterocycles. The minimum absolute atomic E-state index is 0.107. The van der Waals surface area contributed by atoms with Gasteiger partial charge in [-0.3, -0.25) is 9.52 Å². The van der Waals surface area contributed by atoms with Crippen molar-refractivity contribution in [2.24, 2.45) is 5.92 Å². The minimum atomic E-state index is -3.37. The minimum Gasteiger partial charge on any atom is -0.324 e. The summed E-state index contributed by atoms with van der Waals surface area (Å²) in [6.07, 6.45) is 7.65. The zero-order valence-corrected chi connectivity index (χ0v) is 12.1. The van der Waals surface area contributed by atoms with Crippen molar-refractivity contribution in [1.29, 1.82) is 0 Å². The van der Waals surface area contributed by atoms with Crippen LogP contribution in [0.15, 0.2) is 36.4 Å². The molecule has 1 aromatic rings. The van der Waals surface area contributed by atoms with Crippen LogP contribution in [0.2, 0.25) is 0 Å². The van der Waals surface area contributed by atoms with E-state index in [0.29, 0.717) is 17.8 Å². The van der Waals surface area contributed by atoms with Crippen molar-refractivity contribution in [3.05, 3.63) is 36.4 Å². The Morgan fingerprint density at radius 2 is 2.00 bits per heavy atom. The third-order valence-electron chi connectivity index (χ3n) is 3.06. The molecular weight excluding hydrogens is 276 g/mol. The van der Waals surface area contributed by atoms with Crippen LogP contribution in [0, 0.1) is 5.92 Å². The Balaban J connectivity index is 2.04. The van der Waals surface area contributed by atoms with Crippen molar-refractivity contribution < 1.29 is 13.2 Å². The summed E-state index contributed by atoms with van der Waals surface area (Å²) in [5.74, 6) is 0.175. The first-order chi connectivity index (χ1) is 9.44. The Hall–Kier alpha value is -1.82. The summed E-state index contributed by atoms with van der Waals surface area (Å²) < 4.78 is 25.0. The van der Waals surface area contributed by atoms with E-state index in [-0.39, 0.29) is 11.8 Å². The second-order valence-corrected chi connectivity index (χ2v) is 6.69. The maximum Gasteiger partial charge on any atom is 0.229 e. The van der Waals surface area contributed by atoms with E-state index in [2.05, 4.69) is 22.2 Å². The maximum absolute atomic E-state index is 12.0. The molecule has 20 heavy (non-hydrogen) atoms. The van der Waals surface area contributed by atoms with Crippen molar-refractivity contribution in [3.8, 4) is 0 Å². The summed E-state index contributed by atoms with van der Waals surface area (Å²) in [6.45, 7) is 0. The van der Waals surface area contributed by atoms with Gasteiger partial charge in [0.15, 0.2) is 0 Å². The molecule has 0 unspecified atom stereocenters. The first-order valence-electron chi connectivity index (χ1n) is 6.47. The molecule has 1 amide bonds. The Bertz CT molecular complexity index is 623. The van der Waals surface area contributed by atoms with Gasteiger partial charge >= 0.3 is 0 Å². The lowest BCUT2D eigenvalue weighted by Crippen LogP contribution is -2.17. The molecule has 6 heteroatoms. The molecular formula is C14H18N2O3S. The number of sulfonamides is 1. The van der Waals surface area contributed by atoms with E-state index in [0.717, 1.165) is 19.1 Å². The van der Waals surface area contributed by atoms with Gasteiger partial charge in [-0.1, -0.05) is 24.3 Å². The number of rotatable bonds is 5. The Labute approximate surface area is 119 Å². The van der Waals surface area contributed by atoms with Gasteiger partial charge < -0.3 is 5.32 Å². The number of benzene rings is 1. The second-order valence-electron chi connectivity index (χ2n) is 4.94. The molecule has 0 aliphatic heterocycles. The first-order valence-corrected chi connectivity index (χ1v) is 8.36. The van der Waals surface area contributed by atoms with E-state index in [1.54, 1.807) is 24.3 Å². The Morgan fingerprint density at radius 1 is 1.30 bits per heavy atom. The van der Waals surface area contributed by atoms with E-state index in [4.69, 9.17) is 0 Å². The third kappa shape index (κ3) is 4.38. The second kappa shape index (κ2) is 6.09. The molecule has 0 saturated carbocycles. The summed E-state index contributed by atoms with van der Waals surface area (Å²) in [5, 5.41) is 2.76. The SMILES string of the molecule is CS(=O)(=O)Nc1ccccc1NC(=O)C[C@H]1C=CCC1. The van der Waals surface area contributed by atoms with Crippen LogP contribution in [0.1, 0.15) is 19.3 Å². The number of carbonyl (C=O) groups is 1. The number of allylic oxidation sites excluding steroid dienone is 2. The lowest BCUT2D eigenvalue weighted by Gasteiger charge is -2.13. The molecule has 2 rings (SSSR count). The molecule has 1 aliphatic carbocycles. The van der Waals surface area contributed by atoms with Crippen LogP contribution in [-0.2, 0) is 14.8 Å². The van der Waals surface area contributed by atoms with Crippen molar-refractivity contribution in [2.45, 2.75) is 19.3 Å². The van der Waals surface area contributed by atoms with Gasteiger partial charge in [0.25, 0.3) is 0 Å². The summed E-state index contributed by atoms with van der Waals surface area (Å²) in [7, 11) is -3.37. The highest BCUT2D eigenvalue weighted by atomic mass is 32.2. The van der Waals surface area contributed by atoms with Crippen molar-refractivity contribution in [1.82, 2.24) is 0 Å². The smallest absolute Gasteiger partial charge is 0.229 e. The van der Waals surface area contributed by atoms with Gasteiger partial charge in [-0.15, -0.1) is 0 Å². The number of hydrogen-bond acceptors (Lipinski definition) is 3. The van der Waals surface area contributed by atoms with Crippen molar-refractivity contribution >= 4 is 27.3 Å². The highest BCUT2D eigenvalue weighted by Gasteiger charge is 2.15. The van der Waals surface area contributed by atoms with Gasteiger partial charge in [-0.05, 0) is 30.9 Å². The predicted molar refractivity (Wildman–Crippen MR) is 80.0 cm³/mol. The van der Waals surface area contributed by atoms with Crippen molar-refractivity contribution in [3.63, 3.8) is 0 Å². The molecule has 1 aromatic carbocycles. The summed E-state index contributed by atoms with van der Waals surface area (Å²) in [4.78, 5) is 12.0. The number of hydrogen-bond donors (Lipinski definition) is 2.